The summed E-state index contributed by atoms with van der Waals surface area (Å²) < 4.78 is 201. The Bertz CT molecular complexity index is 4040. The first-order chi connectivity index (χ1) is 66.0. The minimum absolute atomic E-state index is 0.517. The summed E-state index contributed by atoms with van der Waals surface area (Å²) in [7, 11) is -29.6. The first-order valence-corrected chi connectivity index (χ1v) is 85.5. The van der Waals surface area contributed by atoms with Crippen molar-refractivity contribution in [2.75, 3.05) is 126 Å². The number of benzene rings is 8. The summed E-state index contributed by atoms with van der Waals surface area (Å²) in [5.74, 6) is 0. The van der Waals surface area contributed by atoms with E-state index in [1.807, 2.05) is 294 Å². The van der Waals surface area contributed by atoms with E-state index in [0.29, 0.717) is 26.4 Å². The first kappa shape index (κ1) is 127. The molecular formula is C83H154O34Si21. The predicted octanol–water partition coefficient (Wildman–Crippen LogP) is 5.22. The second kappa shape index (κ2) is 68.5. The van der Waals surface area contributed by atoms with Crippen molar-refractivity contribution in [1.29, 1.82) is 0 Å². The molecule has 0 fully saturated rings. The molecule has 0 spiro atoms. The molecule has 0 saturated heterocycles. The molecule has 0 radical (unpaired) electrons. The highest BCUT2D eigenvalue weighted by atomic mass is 28.5. The minimum atomic E-state index is -3.20. The van der Waals surface area contributed by atoms with Gasteiger partial charge in [0, 0.05) is 126 Å². The fourth-order valence-corrected chi connectivity index (χ4v) is 74.6. The van der Waals surface area contributed by atoms with Crippen molar-refractivity contribution in [3.63, 3.8) is 0 Å². The maximum absolute atomic E-state index is 6.70. The molecule has 0 N–H and O–H groups in total. The van der Waals surface area contributed by atoms with Crippen molar-refractivity contribution in [1.82, 2.24) is 0 Å². The number of rotatable bonds is 62. The van der Waals surface area contributed by atoms with Gasteiger partial charge in [-0.1, -0.05) is 243 Å². The average Bonchev–Trinajstić information content (AvgIpc) is 1.55. The molecule has 55 heteroatoms. The van der Waals surface area contributed by atoms with Gasteiger partial charge in [-0.3, -0.25) is 0 Å². The van der Waals surface area contributed by atoms with Gasteiger partial charge in [0.05, 0.1) is 0 Å². The fraction of sp³-hybridized carbons (Fsp3) is 0.422. The summed E-state index contributed by atoms with van der Waals surface area (Å²) in [4.78, 5) is 0. The van der Waals surface area contributed by atoms with Crippen LogP contribution in [0.25, 0.3) is 0 Å². The highest BCUT2D eigenvalue weighted by Crippen LogP contribution is 2.25. The van der Waals surface area contributed by atoms with Crippen LogP contribution in [0.2, 0.25) is 85.1 Å². The van der Waals surface area contributed by atoms with Crippen LogP contribution >= 0.6 is 0 Å². The Labute approximate surface area is 852 Å². The Kier molecular flexibility index (Phi) is 63.1. The van der Waals surface area contributed by atoms with Crippen LogP contribution in [0.3, 0.4) is 0 Å². The van der Waals surface area contributed by atoms with Crippen LogP contribution in [0, 0.1) is 0 Å². The van der Waals surface area contributed by atoms with Gasteiger partial charge in [-0.15, -0.1) is 0 Å². The normalized spacial score (nSPS) is 13.3. The van der Waals surface area contributed by atoms with Crippen LogP contribution in [0.4, 0.5) is 0 Å². The molecule has 8 aromatic rings. The maximum Gasteiger partial charge on any atom is 0.475 e. The van der Waals surface area contributed by atoms with Gasteiger partial charge >= 0.3 is 182 Å². The second-order valence-electron chi connectivity index (χ2n) is 31.4. The van der Waals surface area contributed by atoms with E-state index < -0.39 is 191 Å². The van der Waals surface area contributed by atoms with E-state index in [-0.39, 0.29) is 0 Å². The van der Waals surface area contributed by atoms with Gasteiger partial charge in [0.1, 0.15) is 0 Å². The Morgan fingerprint density at radius 2 is 0.319 bits per heavy atom. The van der Waals surface area contributed by atoms with Crippen molar-refractivity contribution >= 4 is 233 Å². The van der Waals surface area contributed by atoms with Gasteiger partial charge < -0.3 is 146 Å². The SMILES string of the molecule is CCO[SiH](OCC)O[Si](O[SiH](OCC)OCC)(c1ccccc1)c1ccccc1.CO[SiH](C)O[Si](O[SiH](C)OC)(c1ccccc1)c1ccccc1.CO[SiH](OC)O[Si](C)(C)O[SiH](C)O[Si](C)(C)O[SiH](O[Si](C)(C)O[SiH](OC)OC)O[Si](C)(C)O[SiH](OC)OC.CO[SiH](OC)O[Si](O[SiH](C)C)(c1ccccc1)c1ccccc1.CO[SiH](OC)O[Si](O[SiH](OC)OC)(c1ccccc1)c1ccccc1. The highest BCUT2D eigenvalue weighted by molar-refractivity contribution is 7.00. The lowest BCUT2D eigenvalue weighted by atomic mass is 10.4. The molecule has 0 aromatic heterocycles. The molecule has 0 bridgehead atoms. The van der Waals surface area contributed by atoms with Crippen molar-refractivity contribution < 1.29 is 146 Å². The third kappa shape index (κ3) is 44.2. The molecule has 0 aliphatic carbocycles. The molecule has 3 unspecified atom stereocenters. The van der Waals surface area contributed by atoms with Crippen LogP contribution in [-0.4, -0.2) is 317 Å². The summed E-state index contributed by atoms with van der Waals surface area (Å²) in [5.41, 5.74) is 0. The van der Waals surface area contributed by atoms with E-state index in [0.717, 1.165) is 41.5 Å². The Hall–Kier alpha value is -3.05. The molecule has 34 nitrogen and oxygen atoms in total. The zero-order valence-corrected chi connectivity index (χ0v) is 109. The number of hydrogen-bond donors (Lipinski definition) is 0. The van der Waals surface area contributed by atoms with Crippen LogP contribution in [-0.2, 0) is 146 Å². The van der Waals surface area contributed by atoms with Gasteiger partial charge in [-0.25, -0.2) is 0 Å². The molecule has 0 saturated carbocycles. The zero-order valence-electron chi connectivity index (χ0n) is 86.3. The Morgan fingerprint density at radius 1 is 0.167 bits per heavy atom. The van der Waals surface area contributed by atoms with Crippen molar-refractivity contribution in [3.8, 4) is 0 Å². The van der Waals surface area contributed by atoms with Crippen LogP contribution in [0.5, 0.6) is 0 Å². The summed E-state index contributed by atoms with van der Waals surface area (Å²) in [6.07, 6.45) is 0. The standard InChI is InChI=1S/C20H32O6Si3.C16H24O6Si3.2C16H24O4Si3.C15H50O14Si9/c1-5-21-27(22-6-2)25-29(19-15-11-9-12-16-19,20-17-13-10-14-18-20)26-28(23-7-3)24-8-4;1-17-23(18-2)21-25(22-24(19-3)20-4,15-11-7-5-8-12-15)16-13-9-6-10-14-16;1-17-21(3)19-23(20-22(4)18-2,15-11-7-5-8-12-15)16-13-9-6-10-14-16;1-17-22(18-2)20-23(19-21(3)4,15-11-7-5-8-12-15)16-13-9-6-10-14-16;1-16-31(17-2)24-35(8,9)22-30(7)23-36(10,11)27-34(28-37(12,13)25-32(18-3)19-4)29-38(14,15)26-33(20-5)21-6/h9-18,27-28H,5-8H2,1-4H3;5-14,23-24H,1-4H3;2*5-14,21-22H,1-4H3;30-34H,1-15H3. The van der Waals surface area contributed by atoms with Crippen LogP contribution in [0.1, 0.15) is 27.7 Å². The summed E-state index contributed by atoms with van der Waals surface area (Å²) >= 11 is 0. The third-order valence-corrected chi connectivity index (χ3v) is 80.5. The lowest BCUT2D eigenvalue weighted by molar-refractivity contribution is 0.121. The van der Waals surface area contributed by atoms with E-state index >= 15 is 0 Å². The molecule has 0 aliphatic rings. The Morgan fingerprint density at radius 3 is 0.486 bits per heavy atom. The molecule has 8 rings (SSSR count). The summed E-state index contributed by atoms with van der Waals surface area (Å²) in [6, 6.07) is 80.5. The topological polar surface area (TPSA) is 314 Å². The lowest BCUT2D eigenvalue weighted by Gasteiger charge is -2.38. The van der Waals surface area contributed by atoms with E-state index in [9.17, 15) is 0 Å². The largest absolute Gasteiger partial charge is 0.475 e. The smallest absolute Gasteiger partial charge is 0.433 e. The van der Waals surface area contributed by atoms with Gasteiger partial charge in [0.15, 0.2) is 9.04 Å². The molecule has 138 heavy (non-hydrogen) atoms. The predicted molar refractivity (Wildman–Crippen MR) is 586 cm³/mol. The quantitative estimate of drug-likeness (QED) is 0.0441. The highest BCUT2D eigenvalue weighted by Gasteiger charge is 2.53. The van der Waals surface area contributed by atoms with E-state index in [2.05, 4.69) is 61.6 Å². The molecule has 0 amide bonds. The summed E-state index contributed by atoms with van der Waals surface area (Å²) in [5, 5.41) is 8.16. The average molecular weight is 2290 g/mol. The van der Waals surface area contributed by atoms with Gasteiger partial charge in [0.2, 0.25) is 0 Å². The fourth-order valence-electron chi connectivity index (χ4n) is 13.0. The van der Waals surface area contributed by atoms with Gasteiger partial charge in [-0.2, -0.15) is 0 Å². The molecule has 3 atom stereocenters. The molecular weight excluding hydrogens is 2130 g/mol. The number of hydrogen-bond acceptors (Lipinski definition) is 34. The molecule has 8 aromatic carbocycles. The Balaban J connectivity index is 0.000000365. The monoisotopic (exact) mass is 2280 g/mol. The van der Waals surface area contributed by atoms with Crippen molar-refractivity contribution in [3.05, 3.63) is 243 Å². The lowest BCUT2D eigenvalue weighted by Crippen LogP contribution is -2.68. The van der Waals surface area contributed by atoms with E-state index in [1.54, 1.807) is 99.5 Å². The van der Waals surface area contributed by atoms with Crippen molar-refractivity contribution in [2.24, 2.45) is 0 Å². The molecule has 774 valence electrons. The minimum Gasteiger partial charge on any atom is -0.433 e. The second-order valence-corrected chi connectivity index (χ2v) is 85.8. The molecule has 0 heterocycles. The maximum atomic E-state index is 6.70. The first-order valence-electron chi connectivity index (χ1n) is 45.2. The van der Waals surface area contributed by atoms with Gasteiger partial charge in [-0.05, 0) is 154 Å². The molecule has 0 aliphatic heterocycles. The third-order valence-electron chi connectivity index (χ3n) is 19.0. The zero-order chi connectivity index (χ0) is 102. The summed E-state index contributed by atoms with van der Waals surface area (Å²) in [6.45, 7) is 35.4. The van der Waals surface area contributed by atoms with Crippen LogP contribution in [0.15, 0.2) is 243 Å². The van der Waals surface area contributed by atoms with Gasteiger partial charge in [0.25, 0.3) is 0 Å². The van der Waals surface area contributed by atoms with Crippen LogP contribution < -0.4 is 41.5 Å². The van der Waals surface area contributed by atoms with E-state index in [1.165, 1.54) is 0 Å². The van der Waals surface area contributed by atoms with Crippen molar-refractivity contribution in [2.45, 2.75) is 113 Å². The van der Waals surface area contributed by atoms with E-state index in [4.69, 9.17) is 146 Å².